The Morgan fingerprint density at radius 2 is 1.78 bits per heavy atom. The summed E-state index contributed by atoms with van der Waals surface area (Å²) in [4.78, 5) is 28.6. The lowest BCUT2D eigenvalue weighted by molar-refractivity contribution is -0.134. The van der Waals surface area contributed by atoms with Gasteiger partial charge in [-0.25, -0.2) is 0 Å². The first-order chi connectivity index (χ1) is 11.0. The van der Waals surface area contributed by atoms with E-state index in [2.05, 4.69) is 0 Å². The summed E-state index contributed by atoms with van der Waals surface area (Å²) in [6.07, 6.45) is 2.67. The van der Waals surface area contributed by atoms with Crippen molar-refractivity contribution in [3.05, 3.63) is 29.8 Å². The van der Waals surface area contributed by atoms with Crippen LogP contribution in [-0.2, 0) is 14.3 Å². The predicted octanol–water partition coefficient (Wildman–Crippen LogP) is 2.38. The number of aryl methyl sites for hydroxylation is 1. The van der Waals surface area contributed by atoms with Crippen LogP contribution in [0.2, 0.25) is 0 Å². The zero-order valence-electron chi connectivity index (χ0n) is 14.2. The molecular weight excluding hydrogens is 292 g/mol. The van der Waals surface area contributed by atoms with Gasteiger partial charge in [-0.2, -0.15) is 0 Å². The Bertz CT molecular complexity index is 536. The number of methoxy groups -OCH3 is 1. The maximum absolute atomic E-state index is 12.6. The molecule has 1 aromatic rings. The molecule has 1 saturated heterocycles. The monoisotopic (exact) mass is 318 g/mol. The molecule has 0 saturated carbocycles. The van der Waals surface area contributed by atoms with E-state index in [1.165, 1.54) is 18.4 Å². The zero-order valence-corrected chi connectivity index (χ0v) is 14.2. The summed E-state index contributed by atoms with van der Waals surface area (Å²) < 4.78 is 5.15. The summed E-state index contributed by atoms with van der Waals surface area (Å²) in [6.45, 7) is 5.33. The summed E-state index contributed by atoms with van der Waals surface area (Å²) in [5, 5.41) is 0. The van der Waals surface area contributed by atoms with Crippen molar-refractivity contribution in [2.45, 2.75) is 39.2 Å². The number of likely N-dealkylation sites (tertiary alicyclic amines) is 1. The first-order valence-corrected chi connectivity index (χ1v) is 8.21. The van der Waals surface area contributed by atoms with Gasteiger partial charge in [-0.1, -0.05) is 17.7 Å². The van der Waals surface area contributed by atoms with E-state index in [-0.39, 0.29) is 18.4 Å². The first-order valence-electron chi connectivity index (χ1n) is 8.21. The molecule has 1 heterocycles. The summed E-state index contributed by atoms with van der Waals surface area (Å²) in [6, 6.07) is 7.63. The van der Waals surface area contributed by atoms with Crippen molar-refractivity contribution >= 4 is 17.5 Å². The van der Waals surface area contributed by atoms with Crippen LogP contribution in [0.5, 0.6) is 0 Å². The second kappa shape index (κ2) is 8.11. The van der Waals surface area contributed by atoms with Gasteiger partial charge in [-0.05, 0) is 45.2 Å². The van der Waals surface area contributed by atoms with Gasteiger partial charge < -0.3 is 14.5 Å². The Kier molecular flexibility index (Phi) is 6.16. The van der Waals surface area contributed by atoms with E-state index >= 15 is 0 Å². The van der Waals surface area contributed by atoms with Crippen LogP contribution in [0.4, 0.5) is 5.69 Å². The van der Waals surface area contributed by atoms with Gasteiger partial charge in [0.1, 0.15) is 12.6 Å². The Balaban J connectivity index is 2.17. The number of anilines is 1. The number of benzene rings is 1. The summed E-state index contributed by atoms with van der Waals surface area (Å²) in [5.41, 5.74) is 1.85. The number of rotatable bonds is 5. The highest BCUT2D eigenvalue weighted by Gasteiger charge is 2.26. The largest absolute Gasteiger partial charge is 0.372 e. The minimum Gasteiger partial charge on any atom is -0.372 e. The number of amides is 2. The number of piperidine rings is 1. The molecule has 2 rings (SSSR count). The van der Waals surface area contributed by atoms with Gasteiger partial charge in [-0.3, -0.25) is 9.59 Å². The maximum atomic E-state index is 12.6. The van der Waals surface area contributed by atoms with Crippen LogP contribution in [0.15, 0.2) is 24.3 Å². The van der Waals surface area contributed by atoms with Crippen LogP contribution in [0, 0.1) is 6.92 Å². The molecule has 5 nitrogen and oxygen atoms in total. The van der Waals surface area contributed by atoms with Crippen molar-refractivity contribution in [1.29, 1.82) is 0 Å². The molecule has 5 heteroatoms. The SMILES string of the molecule is CO[C@H](C)C(=O)N(CC(=O)N1CCCCC1)c1ccc(C)cc1. The van der Waals surface area contributed by atoms with Crippen LogP contribution in [-0.4, -0.2) is 49.6 Å². The third-order valence-electron chi connectivity index (χ3n) is 4.32. The fourth-order valence-electron chi connectivity index (χ4n) is 2.72. The van der Waals surface area contributed by atoms with E-state index in [1.54, 1.807) is 6.92 Å². The van der Waals surface area contributed by atoms with Gasteiger partial charge in [-0.15, -0.1) is 0 Å². The molecule has 0 aliphatic carbocycles. The van der Waals surface area contributed by atoms with E-state index in [1.807, 2.05) is 36.1 Å². The second-order valence-corrected chi connectivity index (χ2v) is 6.08. The molecule has 2 amide bonds. The smallest absolute Gasteiger partial charge is 0.256 e. The molecule has 1 aliphatic heterocycles. The number of hydrogen-bond donors (Lipinski definition) is 0. The Hall–Kier alpha value is -1.88. The third-order valence-corrected chi connectivity index (χ3v) is 4.32. The zero-order chi connectivity index (χ0) is 16.8. The molecular formula is C18H26N2O3. The highest BCUT2D eigenvalue weighted by Crippen LogP contribution is 2.18. The lowest BCUT2D eigenvalue weighted by Gasteiger charge is -2.31. The standard InChI is InChI=1S/C18H26N2O3/c1-14-7-9-16(10-8-14)20(18(22)15(2)23-3)13-17(21)19-11-5-4-6-12-19/h7-10,15H,4-6,11-13H2,1-3H3/t15-/m1/s1. The van der Waals surface area contributed by atoms with Crippen LogP contribution in [0.1, 0.15) is 31.7 Å². The van der Waals surface area contributed by atoms with Gasteiger partial charge in [0.2, 0.25) is 5.91 Å². The third kappa shape index (κ3) is 4.55. The number of ether oxygens (including phenoxy) is 1. The molecule has 126 valence electrons. The fourth-order valence-corrected chi connectivity index (χ4v) is 2.72. The van der Waals surface area contributed by atoms with Crippen LogP contribution in [0.3, 0.4) is 0 Å². The minimum atomic E-state index is -0.578. The van der Waals surface area contributed by atoms with Gasteiger partial charge >= 0.3 is 0 Å². The van der Waals surface area contributed by atoms with Crippen LogP contribution >= 0.6 is 0 Å². The highest BCUT2D eigenvalue weighted by atomic mass is 16.5. The number of hydrogen-bond acceptors (Lipinski definition) is 3. The Morgan fingerprint density at radius 3 is 2.35 bits per heavy atom. The first kappa shape index (κ1) is 17.5. The number of carbonyl (C=O) groups is 2. The Morgan fingerprint density at radius 1 is 1.17 bits per heavy atom. The molecule has 0 aromatic heterocycles. The maximum Gasteiger partial charge on any atom is 0.256 e. The molecule has 1 atom stereocenters. The molecule has 1 aliphatic rings. The van der Waals surface area contributed by atoms with Gasteiger partial charge in [0.05, 0.1) is 0 Å². The van der Waals surface area contributed by atoms with Crippen molar-refractivity contribution in [1.82, 2.24) is 4.90 Å². The van der Waals surface area contributed by atoms with Crippen molar-refractivity contribution in [2.75, 3.05) is 31.6 Å². The van der Waals surface area contributed by atoms with Crippen molar-refractivity contribution in [3.8, 4) is 0 Å². The lowest BCUT2D eigenvalue weighted by atomic mass is 10.1. The molecule has 0 N–H and O–H groups in total. The predicted molar refractivity (Wildman–Crippen MR) is 90.4 cm³/mol. The highest BCUT2D eigenvalue weighted by molar-refractivity contribution is 6.00. The van der Waals surface area contributed by atoms with E-state index in [0.29, 0.717) is 0 Å². The quantitative estimate of drug-likeness (QED) is 0.837. The summed E-state index contributed by atoms with van der Waals surface area (Å²) in [7, 11) is 1.50. The van der Waals surface area contributed by atoms with E-state index in [4.69, 9.17) is 4.74 Å². The normalized spacial score (nSPS) is 16.0. The van der Waals surface area contributed by atoms with E-state index < -0.39 is 6.10 Å². The fraction of sp³-hybridized carbons (Fsp3) is 0.556. The molecule has 23 heavy (non-hydrogen) atoms. The second-order valence-electron chi connectivity index (χ2n) is 6.08. The summed E-state index contributed by atoms with van der Waals surface area (Å²) >= 11 is 0. The average molecular weight is 318 g/mol. The van der Waals surface area contributed by atoms with Gasteiger partial charge in [0.25, 0.3) is 5.91 Å². The molecule has 1 aromatic carbocycles. The lowest BCUT2D eigenvalue weighted by Crippen LogP contribution is -2.47. The van der Waals surface area contributed by atoms with Crippen molar-refractivity contribution in [3.63, 3.8) is 0 Å². The van der Waals surface area contributed by atoms with Crippen LogP contribution in [0.25, 0.3) is 0 Å². The number of carbonyl (C=O) groups excluding carboxylic acids is 2. The van der Waals surface area contributed by atoms with Crippen molar-refractivity contribution < 1.29 is 14.3 Å². The molecule has 0 unspecified atom stereocenters. The molecule has 0 radical (unpaired) electrons. The average Bonchev–Trinajstić information content (AvgIpc) is 2.59. The van der Waals surface area contributed by atoms with Crippen molar-refractivity contribution in [2.24, 2.45) is 0 Å². The molecule has 0 spiro atoms. The van der Waals surface area contributed by atoms with Crippen LogP contribution < -0.4 is 4.90 Å². The summed E-state index contributed by atoms with van der Waals surface area (Å²) in [5.74, 6) is -0.191. The van der Waals surface area contributed by atoms with Gasteiger partial charge in [0.15, 0.2) is 0 Å². The van der Waals surface area contributed by atoms with Gasteiger partial charge in [0, 0.05) is 25.9 Å². The molecule has 0 bridgehead atoms. The van der Waals surface area contributed by atoms with E-state index in [0.717, 1.165) is 37.2 Å². The Labute approximate surface area is 138 Å². The minimum absolute atomic E-state index is 0.00179. The topological polar surface area (TPSA) is 49.9 Å². The molecule has 1 fully saturated rings. The number of nitrogens with zero attached hydrogens (tertiary/aromatic N) is 2. The van der Waals surface area contributed by atoms with E-state index in [9.17, 15) is 9.59 Å².